The molecule has 302 valence electrons. The molecule has 0 bridgehead atoms. The van der Waals surface area contributed by atoms with Gasteiger partial charge in [-0.05, 0) is 58.4 Å². The third-order valence-corrected chi connectivity index (χ3v) is 11.5. The Kier molecular flexibility index (Phi) is 21.6. The first-order valence-electron chi connectivity index (χ1n) is 19.7. The average Bonchev–Trinajstić information content (AvgIpc) is 3.11. The Morgan fingerprint density at radius 1 is 0.863 bits per heavy atom. The summed E-state index contributed by atoms with van der Waals surface area (Å²) in [5, 5.41) is 86.5. The summed E-state index contributed by atoms with van der Waals surface area (Å²) >= 11 is 0. The number of hydrogen-bond acceptors (Lipinski definition) is 11. The molecule has 0 aromatic carbocycles. The number of nitrogens with two attached hydrogens (primary N) is 1. The Bertz CT molecular complexity index is 949. The summed E-state index contributed by atoms with van der Waals surface area (Å²) in [6.45, 7) is 11.3. The van der Waals surface area contributed by atoms with E-state index >= 15 is 0 Å². The van der Waals surface area contributed by atoms with Crippen LogP contribution >= 0.6 is 0 Å². The van der Waals surface area contributed by atoms with Gasteiger partial charge < -0.3 is 56.6 Å². The first kappa shape index (κ1) is 45.8. The molecule has 2 rings (SSSR count). The topological polar surface area (TPSA) is 229 Å². The molecular weight excluding hydrogens is 660 g/mol. The zero-order chi connectivity index (χ0) is 37.9. The maximum absolute atomic E-state index is 11.7. The van der Waals surface area contributed by atoms with E-state index in [0.717, 1.165) is 51.7 Å². The second-order valence-electron chi connectivity index (χ2n) is 15.5. The van der Waals surface area contributed by atoms with Crippen LogP contribution in [0.4, 0.5) is 0 Å². The SMILES string of the molecule is CCCCCCCCCCC[C@H]1O[C@H](CO)[C@@](C)(C(C)(C)C2O[C@H](CN(CCCNCCCNCCCN)/[N+](O)=N/O)C[C@H](O)[C@H]2O)[C@H](O)[C@H]1O. The number of rotatable bonds is 27. The maximum atomic E-state index is 11.7. The molecular formula is C36H75N6O9+. The number of aliphatic hydroxyl groups excluding tert-OH is 5. The van der Waals surface area contributed by atoms with Crippen molar-refractivity contribution in [1.82, 2.24) is 15.6 Å². The monoisotopic (exact) mass is 736 g/mol. The third-order valence-electron chi connectivity index (χ3n) is 11.5. The van der Waals surface area contributed by atoms with Gasteiger partial charge in [0.2, 0.25) is 0 Å². The molecule has 15 nitrogen and oxygen atoms in total. The fourth-order valence-electron chi connectivity index (χ4n) is 7.83. The van der Waals surface area contributed by atoms with Crippen molar-refractivity contribution in [2.24, 2.45) is 21.8 Å². The molecule has 2 saturated heterocycles. The zero-order valence-electron chi connectivity index (χ0n) is 32.0. The minimum atomic E-state index is -1.34. The third kappa shape index (κ3) is 13.4. The van der Waals surface area contributed by atoms with Crippen LogP contribution in [-0.2, 0) is 9.47 Å². The van der Waals surface area contributed by atoms with Crippen LogP contribution in [0.3, 0.4) is 0 Å². The van der Waals surface area contributed by atoms with Gasteiger partial charge in [-0.3, -0.25) is 0 Å². The fraction of sp³-hybridized carbons (Fsp3) is 1.00. The highest BCUT2D eigenvalue weighted by Gasteiger charge is 2.63. The Balaban J connectivity index is 2.02. The van der Waals surface area contributed by atoms with Crippen molar-refractivity contribution in [3.05, 3.63) is 0 Å². The second-order valence-corrected chi connectivity index (χ2v) is 15.5. The molecule has 0 saturated carbocycles. The summed E-state index contributed by atoms with van der Waals surface area (Å²) in [6, 6.07) is 0. The molecule has 2 aliphatic heterocycles. The van der Waals surface area contributed by atoms with E-state index in [1.165, 1.54) is 43.5 Å². The molecule has 0 amide bonds. The van der Waals surface area contributed by atoms with Gasteiger partial charge in [-0.25, -0.2) is 5.21 Å². The number of nitrogens with one attached hydrogen (secondary N) is 2. The zero-order valence-corrected chi connectivity index (χ0v) is 32.0. The smallest absolute Gasteiger partial charge is 0.271 e. The minimum absolute atomic E-state index is 0.0324. The lowest BCUT2D eigenvalue weighted by Gasteiger charge is -2.60. The summed E-state index contributed by atoms with van der Waals surface area (Å²) < 4.78 is 12.8. The van der Waals surface area contributed by atoms with E-state index in [1.807, 2.05) is 0 Å². The van der Waals surface area contributed by atoms with E-state index in [9.17, 15) is 35.9 Å². The average molecular weight is 736 g/mol. The summed E-state index contributed by atoms with van der Waals surface area (Å²) in [6.07, 6.45) is 5.13. The van der Waals surface area contributed by atoms with Gasteiger partial charge in [-0.2, -0.15) is 0 Å². The predicted octanol–water partition coefficient (Wildman–Crippen LogP) is 2.07. The minimum Gasteiger partial charge on any atom is -0.394 e. The highest BCUT2D eigenvalue weighted by atomic mass is 16.6. The molecule has 2 heterocycles. The molecule has 0 aromatic rings. The van der Waals surface area contributed by atoms with E-state index in [2.05, 4.69) is 22.8 Å². The van der Waals surface area contributed by atoms with Crippen molar-refractivity contribution < 1.29 is 50.4 Å². The fourth-order valence-corrected chi connectivity index (χ4v) is 7.83. The molecule has 0 spiro atoms. The summed E-state index contributed by atoms with van der Waals surface area (Å²) in [5.41, 5.74) is 3.07. The van der Waals surface area contributed by atoms with Crippen LogP contribution in [0.5, 0.6) is 0 Å². The van der Waals surface area contributed by atoms with Gasteiger partial charge in [0.15, 0.2) is 0 Å². The molecule has 51 heavy (non-hydrogen) atoms. The van der Waals surface area contributed by atoms with Crippen LogP contribution in [0.1, 0.15) is 118 Å². The molecule has 1 unspecified atom stereocenters. The Labute approximate surface area is 306 Å². The molecule has 2 aliphatic rings. The van der Waals surface area contributed by atoms with Gasteiger partial charge in [-0.1, -0.05) is 85.5 Å². The lowest BCUT2D eigenvalue weighted by molar-refractivity contribution is -0.941. The summed E-state index contributed by atoms with van der Waals surface area (Å²) in [5.74, 6) is 0. The number of nitrogens with zero attached hydrogens (tertiary/aromatic N) is 3. The molecule has 15 heteroatoms. The number of ether oxygens (including phenoxy) is 2. The normalized spacial score (nSPS) is 30.5. The van der Waals surface area contributed by atoms with Gasteiger partial charge in [-0.15, -0.1) is 5.01 Å². The number of hydrazine groups is 1. The molecule has 2 fully saturated rings. The quantitative estimate of drug-likeness (QED) is 0.0253. The highest BCUT2D eigenvalue weighted by molar-refractivity contribution is 5.11. The summed E-state index contributed by atoms with van der Waals surface area (Å²) in [7, 11) is 0. The maximum Gasteiger partial charge on any atom is 0.271 e. The van der Waals surface area contributed by atoms with Gasteiger partial charge >= 0.3 is 0 Å². The number of hydrogen-bond donors (Lipinski definition) is 10. The van der Waals surface area contributed by atoms with Crippen molar-refractivity contribution in [2.75, 3.05) is 52.4 Å². The van der Waals surface area contributed by atoms with Crippen molar-refractivity contribution in [2.45, 2.75) is 166 Å². The van der Waals surface area contributed by atoms with Crippen molar-refractivity contribution in [3.63, 3.8) is 0 Å². The second kappa shape index (κ2) is 24.1. The van der Waals surface area contributed by atoms with Crippen LogP contribution in [0.25, 0.3) is 0 Å². The van der Waals surface area contributed by atoms with Crippen LogP contribution in [0, 0.1) is 10.8 Å². The lowest BCUT2D eigenvalue weighted by Crippen LogP contribution is -2.70. The standard InChI is InChI=1S/C36H74N6O9/c1-5-6-7-8-9-10-11-12-13-17-29-32(46)33(47)36(4,30(26-43)51-29)35(2,3)34-31(45)28(44)24-27(50-34)25-41(42(49)40-48)23-16-22-39-21-15-20-38-19-14-18-37/h27-34,38-39,43-47,49H,5-26,37H2,1-4H3/p+1/t27-,28-,29+,30+,31+,32-,33+,34?,36+/m0/s1. The van der Waals surface area contributed by atoms with E-state index in [1.54, 1.807) is 20.8 Å². The molecule has 0 radical (unpaired) electrons. The summed E-state index contributed by atoms with van der Waals surface area (Å²) in [4.78, 5) is 0.341. The van der Waals surface area contributed by atoms with Gasteiger partial charge in [0.05, 0.1) is 49.8 Å². The van der Waals surface area contributed by atoms with E-state index < -0.39 is 66.3 Å². The molecule has 0 aliphatic carbocycles. The Morgan fingerprint density at radius 3 is 2.04 bits per heavy atom. The predicted molar refractivity (Wildman–Crippen MR) is 193 cm³/mol. The van der Waals surface area contributed by atoms with Crippen LogP contribution in [0.15, 0.2) is 5.28 Å². The highest BCUT2D eigenvalue weighted by Crippen LogP contribution is 2.54. The van der Waals surface area contributed by atoms with Crippen LogP contribution < -0.4 is 16.4 Å². The lowest BCUT2D eigenvalue weighted by atomic mass is 9.54. The van der Waals surface area contributed by atoms with E-state index in [4.69, 9.17) is 15.2 Å². The number of unbranched alkanes of at least 4 members (excludes halogenated alkanes) is 8. The van der Waals surface area contributed by atoms with Crippen molar-refractivity contribution in [3.8, 4) is 0 Å². The van der Waals surface area contributed by atoms with Crippen LogP contribution in [0.2, 0.25) is 0 Å². The van der Waals surface area contributed by atoms with Crippen molar-refractivity contribution >= 4 is 0 Å². The van der Waals surface area contributed by atoms with Gasteiger partial charge in [0.1, 0.15) is 18.8 Å². The largest absolute Gasteiger partial charge is 0.394 e. The Hall–Kier alpha value is -1.40. The first-order valence-corrected chi connectivity index (χ1v) is 19.7. The first-order chi connectivity index (χ1) is 24.4. The Morgan fingerprint density at radius 2 is 1.45 bits per heavy atom. The van der Waals surface area contributed by atoms with E-state index in [-0.39, 0.29) is 13.0 Å². The van der Waals surface area contributed by atoms with Crippen molar-refractivity contribution in [1.29, 1.82) is 0 Å². The van der Waals surface area contributed by atoms with Gasteiger partial charge in [0, 0.05) is 17.3 Å². The molecule has 9 atom stereocenters. The molecule has 0 aromatic heterocycles. The van der Waals surface area contributed by atoms with Crippen LogP contribution in [-0.4, -0.2) is 147 Å². The van der Waals surface area contributed by atoms with Gasteiger partial charge in [0.25, 0.3) is 10.2 Å². The molecule has 11 N–H and O–H groups in total. The van der Waals surface area contributed by atoms with E-state index in [0.29, 0.717) is 37.4 Å². The number of aliphatic hydroxyl groups is 5.